The van der Waals surface area contributed by atoms with Crippen LogP contribution in [0.4, 0.5) is 5.69 Å². The summed E-state index contributed by atoms with van der Waals surface area (Å²) in [5, 5.41) is 0. The maximum atomic E-state index is 12.4. The predicted molar refractivity (Wildman–Crippen MR) is 124 cm³/mol. The Morgan fingerprint density at radius 2 is 1.53 bits per heavy atom. The first kappa shape index (κ1) is 23.4. The molecule has 0 spiro atoms. The molecule has 1 saturated heterocycles. The van der Waals surface area contributed by atoms with E-state index in [4.69, 9.17) is 9.47 Å². The summed E-state index contributed by atoms with van der Waals surface area (Å²) in [5.41, 5.74) is 6.36. The molecule has 0 bridgehead atoms. The van der Waals surface area contributed by atoms with Crippen molar-refractivity contribution in [1.29, 1.82) is 0 Å². The molecule has 8 heteroatoms. The van der Waals surface area contributed by atoms with E-state index < -0.39 is 5.91 Å². The Bertz CT molecular complexity index is 893. The molecule has 172 valence electrons. The number of hydrogen-bond donors (Lipinski definition) is 2. The first-order chi connectivity index (χ1) is 15.5. The highest BCUT2D eigenvalue weighted by Crippen LogP contribution is 2.26. The van der Waals surface area contributed by atoms with Gasteiger partial charge in [0.2, 0.25) is 0 Å². The summed E-state index contributed by atoms with van der Waals surface area (Å²) in [4.78, 5) is 29.2. The minimum Gasteiger partial charge on any atom is -0.490 e. The Morgan fingerprint density at radius 3 is 2.12 bits per heavy atom. The number of hydrazine groups is 1. The van der Waals surface area contributed by atoms with Crippen molar-refractivity contribution in [1.82, 2.24) is 15.8 Å². The second kappa shape index (κ2) is 11.4. The summed E-state index contributed by atoms with van der Waals surface area (Å²) in [7, 11) is 0. The SMILES string of the molecule is CCOc1ccccc1OCC(=O)NNC(=O)c1ccc(N2CCN(C(C)C)CC2)cc1. The largest absolute Gasteiger partial charge is 0.490 e. The summed E-state index contributed by atoms with van der Waals surface area (Å²) >= 11 is 0. The number of carbonyl (C=O) groups is 2. The lowest BCUT2D eigenvalue weighted by Gasteiger charge is -2.38. The molecule has 0 unspecified atom stereocenters. The minimum absolute atomic E-state index is 0.244. The molecule has 2 aromatic carbocycles. The Balaban J connectivity index is 1.44. The summed E-state index contributed by atoms with van der Waals surface area (Å²) in [6, 6.07) is 15.1. The molecule has 0 atom stereocenters. The van der Waals surface area contributed by atoms with E-state index in [9.17, 15) is 9.59 Å². The average molecular weight is 441 g/mol. The Hall–Kier alpha value is -3.26. The van der Waals surface area contributed by atoms with Gasteiger partial charge in [0.15, 0.2) is 18.1 Å². The lowest BCUT2D eigenvalue weighted by atomic mass is 10.1. The predicted octanol–water partition coefficient (Wildman–Crippen LogP) is 2.46. The van der Waals surface area contributed by atoms with E-state index in [1.165, 1.54) is 0 Å². The standard InChI is InChI=1S/C24H32N4O4/c1-4-31-21-7-5-6-8-22(21)32-17-23(29)25-26-24(30)19-9-11-20(12-10-19)28-15-13-27(14-16-28)18(2)3/h5-12,18H,4,13-17H2,1-3H3,(H,25,29)(H,26,30). The fourth-order valence-corrected chi connectivity index (χ4v) is 3.54. The third-order valence-corrected chi connectivity index (χ3v) is 5.36. The van der Waals surface area contributed by atoms with Crippen LogP contribution in [0, 0.1) is 0 Å². The van der Waals surface area contributed by atoms with Crippen LogP contribution in [0.25, 0.3) is 0 Å². The molecule has 0 aromatic heterocycles. The first-order valence-electron chi connectivity index (χ1n) is 11.0. The van der Waals surface area contributed by atoms with Crippen LogP contribution in [0.5, 0.6) is 11.5 Å². The van der Waals surface area contributed by atoms with E-state index in [0.29, 0.717) is 29.7 Å². The van der Waals surface area contributed by atoms with Gasteiger partial charge in [-0.3, -0.25) is 25.3 Å². The van der Waals surface area contributed by atoms with Gasteiger partial charge in [-0.2, -0.15) is 0 Å². The van der Waals surface area contributed by atoms with Gasteiger partial charge < -0.3 is 14.4 Å². The molecule has 32 heavy (non-hydrogen) atoms. The number of para-hydroxylation sites is 2. The molecular weight excluding hydrogens is 408 g/mol. The van der Waals surface area contributed by atoms with Crippen LogP contribution in [0.2, 0.25) is 0 Å². The molecule has 0 aliphatic carbocycles. The Morgan fingerprint density at radius 1 is 0.906 bits per heavy atom. The number of nitrogens with zero attached hydrogens (tertiary/aromatic N) is 2. The van der Waals surface area contributed by atoms with Crippen molar-refractivity contribution in [3.8, 4) is 11.5 Å². The van der Waals surface area contributed by atoms with Gasteiger partial charge in [0.05, 0.1) is 6.61 Å². The minimum atomic E-state index is -0.468. The molecule has 0 saturated carbocycles. The van der Waals surface area contributed by atoms with Gasteiger partial charge >= 0.3 is 0 Å². The number of nitrogens with one attached hydrogen (secondary N) is 2. The maximum Gasteiger partial charge on any atom is 0.276 e. The fourth-order valence-electron chi connectivity index (χ4n) is 3.54. The number of ether oxygens (including phenoxy) is 2. The smallest absolute Gasteiger partial charge is 0.276 e. The van der Waals surface area contributed by atoms with Crippen LogP contribution in [-0.4, -0.2) is 62.1 Å². The molecule has 1 fully saturated rings. The van der Waals surface area contributed by atoms with Crippen LogP contribution in [0.1, 0.15) is 31.1 Å². The van der Waals surface area contributed by atoms with E-state index in [-0.39, 0.29) is 12.5 Å². The summed E-state index contributed by atoms with van der Waals surface area (Å²) in [6.07, 6.45) is 0. The highest BCUT2D eigenvalue weighted by Gasteiger charge is 2.19. The molecule has 0 radical (unpaired) electrons. The van der Waals surface area contributed by atoms with Crippen LogP contribution in [0.3, 0.4) is 0 Å². The summed E-state index contributed by atoms with van der Waals surface area (Å²) in [6.45, 7) is 10.5. The van der Waals surface area contributed by atoms with Crippen LogP contribution in [0.15, 0.2) is 48.5 Å². The summed E-state index contributed by atoms with van der Waals surface area (Å²) in [5.74, 6) is 0.187. The van der Waals surface area contributed by atoms with E-state index in [1.54, 1.807) is 30.3 Å². The maximum absolute atomic E-state index is 12.4. The van der Waals surface area contributed by atoms with Gasteiger partial charge in [0.25, 0.3) is 11.8 Å². The molecule has 2 amide bonds. The van der Waals surface area contributed by atoms with Gasteiger partial charge in [0, 0.05) is 43.5 Å². The van der Waals surface area contributed by atoms with E-state index in [2.05, 4.69) is 34.5 Å². The number of hydrogen-bond acceptors (Lipinski definition) is 6. The molecule has 8 nitrogen and oxygen atoms in total. The van der Waals surface area contributed by atoms with Crippen molar-refractivity contribution < 1.29 is 19.1 Å². The lowest BCUT2D eigenvalue weighted by Crippen LogP contribution is -2.48. The lowest BCUT2D eigenvalue weighted by molar-refractivity contribution is -0.123. The molecule has 1 aliphatic heterocycles. The quantitative estimate of drug-likeness (QED) is 0.614. The van der Waals surface area contributed by atoms with Crippen molar-refractivity contribution in [2.24, 2.45) is 0 Å². The van der Waals surface area contributed by atoms with Crippen molar-refractivity contribution in [2.45, 2.75) is 26.8 Å². The van der Waals surface area contributed by atoms with Crippen molar-refractivity contribution >= 4 is 17.5 Å². The zero-order valence-corrected chi connectivity index (χ0v) is 19.0. The van der Waals surface area contributed by atoms with Gasteiger partial charge in [-0.25, -0.2) is 0 Å². The number of piperazine rings is 1. The Labute approximate surface area is 189 Å². The first-order valence-corrected chi connectivity index (χ1v) is 11.0. The molecule has 2 aromatic rings. The average Bonchev–Trinajstić information content (AvgIpc) is 2.82. The number of rotatable bonds is 8. The van der Waals surface area contributed by atoms with E-state index in [0.717, 1.165) is 31.9 Å². The number of carbonyl (C=O) groups excluding carboxylic acids is 2. The zero-order valence-electron chi connectivity index (χ0n) is 19.0. The van der Waals surface area contributed by atoms with Gasteiger partial charge in [-0.05, 0) is 57.2 Å². The molecule has 2 N–H and O–H groups in total. The highest BCUT2D eigenvalue weighted by atomic mass is 16.5. The number of anilines is 1. The van der Waals surface area contributed by atoms with Gasteiger partial charge in [-0.1, -0.05) is 12.1 Å². The van der Waals surface area contributed by atoms with Crippen molar-refractivity contribution in [2.75, 3.05) is 44.3 Å². The molecule has 1 heterocycles. The number of benzene rings is 2. The third-order valence-electron chi connectivity index (χ3n) is 5.36. The van der Waals surface area contributed by atoms with Gasteiger partial charge in [-0.15, -0.1) is 0 Å². The van der Waals surface area contributed by atoms with Crippen molar-refractivity contribution in [3.05, 3.63) is 54.1 Å². The third kappa shape index (κ3) is 6.37. The summed E-state index contributed by atoms with van der Waals surface area (Å²) < 4.78 is 11.0. The molecular formula is C24H32N4O4. The van der Waals surface area contributed by atoms with E-state index in [1.807, 2.05) is 25.1 Å². The topological polar surface area (TPSA) is 83.1 Å². The van der Waals surface area contributed by atoms with Crippen LogP contribution in [-0.2, 0) is 4.79 Å². The Kier molecular flexibility index (Phi) is 8.33. The van der Waals surface area contributed by atoms with Gasteiger partial charge in [0.1, 0.15) is 0 Å². The second-order valence-electron chi connectivity index (χ2n) is 7.83. The van der Waals surface area contributed by atoms with Crippen LogP contribution >= 0.6 is 0 Å². The normalized spacial score (nSPS) is 14.2. The van der Waals surface area contributed by atoms with Crippen LogP contribution < -0.4 is 25.2 Å². The van der Waals surface area contributed by atoms with E-state index >= 15 is 0 Å². The number of amides is 2. The molecule has 1 aliphatic rings. The van der Waals surface area contributed by atoms with Crippen molar-refractivity contribution in [3.63, 3.8) is 0 Å². The highest BCUT2D eigenvalue weighted by molar-refractivity contribution is 5.95. The molecule has 3 rings (SSSR count). The zero-order chi connectivity index (χ0) is 22.9. The fraction of sp³-hybridized carbons (Fsp3) is 0.417. The monoisotopic (exact) mass is 440 g/mol. The second-order valence-corrected chi connectivity index (χ2v) is 7.83.